The number of carboxylic acids is 1. The fraction of sp³-hybridized carbons (Fsp3) is 0.439. The molecular formula is C57H60O35. The van der Waals surface area contributed by atoms with Crippen LogP contribution in [0.25, 0.3) is 28.4 Å². The quantitative estimate of drug-likeness (QED) is 0.0223. The third kappa shape index (κ3) is 13.3. The summed E-state index contributed by atoms with van der Waals surface area (Å²) in [5.74, 6) is -10.8. The summed E-state index contributed by atoms with van der Waals surface area (Å²) in [6.45, 7) is -2.91. The van der Waals surface area contributed by atoms with Crippen molar-refractivity contribution < 1.29 is 168 Å². The number of hydrogen-bond donors (Lipinski definition) is 19. The van der Waals surface area contributed by atoms with E-state index in [9.17, 15) is 116 Å². The molecule has 35 heteroatoms. The van der Waals surface area contributed by atoms with Gasteiger partial charge < -0.3 is 154 Å². The summed E-state index contributed by atoms with van der Waals surface area (Å²) < 4.78 is 68.1. The zero-order chi connectivity index (χ0) is 66.5. The second-order valence-electron chi connectivity index (χ2n) is 21.6. The number of esters is 2. The summed E-state index contributed by atoms with van der Waals surface area (Å²) in [5.41, 5.74) is -1.93. The van der Waals surface area contributed by atoms with Crippen molar-refractivity contribution in [2.75, 3.05) is 19.8 Å². The Morgan fingerprint density at radius 1 is 0.533 bits per heavy atom. The molecule has 6 heterocycles. The smallest absolute Gasteiger partial charge is 0.335 e. The van der Waals surface area contributed by atoms with Gasteiger partial charge in [0.15, 0.2) is 48.0 Å². The lowest BCUT2D eigenvalue weighted by atomic mass is 9.97. The Kier molecular flexibility index (Phi) is 19.5. The van der Waals surface area contributed by atoms with Gasteiger partial charge in [-0.15, -0.1) is 0 Å². The summed E-state index contributed by atoms with van der Waals surface area (Å²) >= 11 is 0. The van der Waals surface area contributed by atoms with E-state index in [1.54, 1.807) is 0 Å². The molecule has 0 aliphatic carbocycles. The standard InChI is InChI=1S/C57H60O35/c58-14-30-36(68)40(72)46(78)55(86-30)92-52-42(74)37(69)31(15-59)87-57(52)90-49-39(71)35-26(65)10-21(11-28(35)84-48(49)17-1-4-19(60)5-2-17)82-56-51(44(76)43(75)50(91-56)53(79)80)89-34(67)13-33(66)81-16-32-38(70)41(73)45(77)54(88-32)85-29-12-22-24(63)8-20(61)9-27(22)83-47(29)18-3-6-23(62)25(64)7-18/h1-12,30-32,36-38,40-47,50-52,54-65,68-70,72-78H,13-16H2,(H,79,80). The maximum Gasteiger partial charge on any atom is 0.335 e. The predicted octanol–water partition coefficient (Wildman–Crippen LogP) is -4.55. The minimum Gasteiger partial charge on any atom is -0.508 e. The number of phenolic OH excluding ortho intramolecular Hbond substituents is 6. The first kappa shape index (κ1) is 66.5. The third-order valence-corrected chi connectivity index (χ3v) is 15.4. The number of carbonyl (C=O) groups excluding carboxylic acids is 2. The first-order valence-electron chi connectivity index (χ1n) is 27.6. The van der Waals surface area contributed by atoms with Crippen LogP contribution in [0.2, 0.25) is 0 Å². The number of carboxylic acid groups (broad SMARTS) is 1. The van der Waals surface area contributed by atoms with E-state index in [1.807, 2.05) is 0 Å². The van der Waals surface area contributed by atoms with Crippen molar-refractivity contribution in [1.29, 1.82) is 0 Å². The minimum absolute atomic E-state index is 0.0595. The van der Waals surface area contributed by atoms with Gasteiger partial charge >= 0.3 is 17.9 Å². The summed E-state index contributed by atoms with van der Waals surface area (Å²) in [6, 6.07) is 11.8. The number of hydrogen-bond acceptors (Lipinski definition) is 34. The molecule has 35 nitrogen and oxygen atoms in total. The molecule has 0 spiro atoms. The fourth-order valence-electron chi connectivity index (χ4n) is 10.5. The molecule has 1 aromatic heterocycles. The molecule has 0 bridgehead atoms. The van der Waals surface area contributed by atoms with Crippen LogP contribution < -0.4 is 19.6 Å². The fourth-order valence-corrected chi connectivity index (χ4v) is 10.5. The van der Waals surface area contributed by atoms with E-state index in [0.717, 1.165) is 42.5 Å². The van der Waals surface area contributed by atoms with Crippen LogP contribution in [0, 0.1) is 0 Å². The highest BCUT2D eigenvalue weighted by atomic mass is 16.8. The number of phenols is 6. The van der Waals surface area contributed by atoms with Crippen molar-refractivity contribution in [2.45, 2.75) is 135 Å². The molecule has 498 valence electrons. The number of rotatable bonds is 18. The monoisotopic (exact) mass is 1300 g/mol. The number of aromatic hydroxyl groups is 6. The lowest BCUT2D eigenvalue weighted by Gasteiger charge is -2.45. The van der Waals surface area contributed by atoms with E-state index in [4.69, 9.17) is 56.5 Å². The number of ether oxygens (including phenoxy) is 11. The van der Waals surface area contributed by atoms with Crippen molar-refractivity contribution in [3.63, 3.8) is 0 Å². The molecule has 4 aromatic carbocycles. The summed E-state index contributed by atoms with van der Waals surface area (Å²) in [6.07, 6.45) is -42.7. The van der Waals surface area contributed by atoms with Crippen LogP contribution in [0.5, 0.6) is 51.7 Å². The number of benzene rings is 4. The summed E-state index contributed by atoms with van der Waals surface area (Å²) in [5, 5.41) is 200. The second-order valence-corrected chi connectivity index (χ2v) is 21.6. The molecule has 10 rings (SSSR count). The highest BCUT2D eigenvalue weighted by Crippen LogP contribution is 2.46. The van der Waals surface area contributed by atoms with E-state index in [0.29, 0.717) is 6.07 Å². The Morgan fingerprint density at radius 3 is 1.82 bits per heavy atom. The third-order valence-electron chi connectivity index (χ3n) is 15.4. The molecule has 19 N–H and O–H groups in total. The molecule has 5 aliphatic rings. The Morgan fingerprint density at radius 2 is 1.15 bits per heavy atom. The van der Waals surface area contributed by atoms with E-state index < -0.39 is 235 Å². The molecule has 0 saturated carbocycles. The zero-order valence-electron chi connectivity index (χ0n) is 46.9. The normalized spacial score (nSPS) is 32.9. The van der Waals surface area contributed by atoms with Crippen LogP contribution in [0.4, 0.5) is 0 Å². The molecule has 5 aliphatic heterocycles. The Bertz CT molecular complexity index is 3610. The molecule has 0 radical (unpaired) electrons. The van der Waals surface area contributed by atoms with E-state index in [-0.39, 0.29) is 33.9 Å². The van der Waals surface area contributed by atoms with Crippen LogP contribution in [0.15, 0.2) is 81.7 Å². The maximum absolute atomic E-state index is 14.7. The van der Waals surface area contributed by atoms with Crippen LogP contribution >= 0.6 is 0 Å². The SMILES string of the molecule is O=C(CC(=O)OC1C(Oc2cc(O)c3c(=O)c(OC4OC(CO)C(O)C(O)C4OC4OC(CO)C(O)C(O)C4O)c(-c4ccc(O)cc4)oc3c2)OC(C(=O)O)C(O)C1O)OCC1OC(OC2=Cc3c(O)cc(O)cc3OC2c2ccc(O)c(O)c2)C(O)C(O)C1O. The highest BCUT2D eigenvalue weighted by molar-refractivity contribution is 5.91. The molecule has 5 aromatic rings. The van der Waals surface area contributed by atoms with Crippen molar-refractivity contribution >= 4 is 35.0 Å². The summed E-state index contributed by atoms with van der Waals surface area (Å²) in [4.78, 5) is 53.6. The molecule has 21 atom stereocenters. The van der Waals surface area contributed by atoms with Crippen LogP contribution in [0.1, 0.15) is 23.7 Å². The Labute approximate surface area is 513 Å². The molecule has 4 saturated heterocycles. The highest BCUT2D eigenvalue weighted by Gasteiger charge is 2.54. The van der Waals surface area contributed by atoms with Gasteiger partial charge in [-0.2, -0.15) is 0 Å². The molecule has 21 unspecified atom stereocenters. The average Bonchev–Trinajstić information content (AvgIpc) is 0.901. The van der Waals surface area contributed by atoms with Gasteiger partial charge in [-0.1, -0.05) is 6.07 Å². The molecule has 0 amide bonds. The van der Waals surface area contributed by atoms with Crippen LogP contribution in [0.3, 0.4) is 0 Å². The second kappa shape index (κ2) is 27.0. The van der Waals surface area contributed by atoms with E-state index >= 15 is 0 Å². The number of aliphatic carboxylic acids is 1. The van der Waals surface area contributed by atoms with Gasteiger partial charge in [0.2, 0.25) is 30.0 Å². The average molecular weight is 1310 g/mol. The largest absolute Gasteiger partial charge is 0.508 e. The number of fused-ring (bicyclic) bond motifs is 2. The number of aliphatic hydroxyl groups is 12. The Hall–Kier alpha value is -8.44. The number of carbonyl (C=O) groups is 3. The van der Waals surface area contributed by atoms with Crippen molar-refractivity contribution in [1.82, 2.24) is 0 Å². The van der Waals surface area contributed by atoms with Crippen LogP contribution in [-0.4, -0.2) is 258 Å². The maximum atomic E-state index is 14.7. The number of aliphatic hydroxyl groups excluding tert-OH is 12. The summed E-state index contributed by atoms with van der Waals surface area (Å²) in [7, 11) is 0. The Balaban J connectivity index is 0.870. The van der Waals surface area contributed by atoms with Gasteiger partial charge in [0, 0.05) is 35.4 Å². The lowest BCUT2D eigenvalue weighted by Crippen LogP contribution is -2.65. The van der Waals surface area contributed by atoms with Crippen LogP contribution in [-0.2, 0) is 52.3 Å². The predicted molar refractivity (Wildman–Crippen MR) is 291 cm³/mol. The minimum atomic E-state index is -2.41. The first-order valence-corrected chi connectivity index (χ1v) is 27.6. The van der Waals surface area contributed by atoms with Crippen molar-refractivity contribution in [3.8, 4) is 63.1 Å². The van der Waals surface area contributed by atoms with E-state index in [1.165, 1.54) is 24.3 Å². The van der Waals surface area contributed by atoms with Gasteiger partial charge in [0.1, 0.15) is 144 Å². The lowest BCUT2D eigenvalue weighted by molar-refractivity contribution is -0.358. The van der Waals surface area contributed by atoms with Gasteiger partial charge in [0.05, 0.1) is 18.8 Å². The zero-order valence-corrected chi connectivity index (χ0v) is 46.9. The van der Waals surface area contributed by atoms with Crippen molar-refractivity contribution in [2.24, 2.45) is 0 Å². The van der Waals surface area contributed by atoms with Gasteiger partial charge in [0.25, 0.3) is 0 Å². The van der Waals surface area contributed by atoms with Gasteiger partial charge in [-0.25, -0.2) is 4.79 Å². The molecule has 92 heavy (non-hydrogen) atoms. The van der Waals surface area contributed by atoms with E-state index in [2.05, 4.69) is 0 Å². The topological polar surface area (TPSA) is 567 Å². The van der Waals surface area contributed by atoms with Gasteiger partial charge in [-0.05, 0) is 42.5 Å². The van der Waals surface area contributed by atoms with Crippen molar-refractivity contribution in [3.05, 3.63) is 93.8 Å². The first-order chi connectivity index (χ1) is 43.7. The molecular weight excluding hydrogens is 1240 g/mol. The molecule has 4 fully saturated rings. The van der Waals surface area contributed by atoms with Gasteiger partial charge in [-0.3, -0.25) is 14.4 Å².